The van der Waals surface area contributed by atoms with E-state index in [1.54, 1.807) is 20.8 Å². The summed E-state index contributed by atoms with van der Waals surface area (Å²) in [5, 5.41) is 9.02. The van der Waals surface area contributed by atoms with E-state index in [0.29, 0.717) is 6.42 Å². The van der Waals surface area contributed by atoms with Crippen LogP contribution in [0.2, 0.25) is 0 Å². The third-order valence-corrected chi connectivity index (χ3v) is 1.54. The molecule has 3 nitrogen and oxygen atoms in total. The first-order chi connectivity index (χ1) is 4.90. The zero-order valence-corrected chi connectivity index (χ0v) is 7.55. The molecule has 0 aromatic carbocycles. The van der Waals surface area contributed by atoms with E-state index in [1.807, 2.05) is 0 Å². The molecule has 1 atom stereocenters. The first-order valence-corrected chi connectivity index (χ1v) is 3.66. The molecule has 0 bridgehead atoms. The lowest BCUT2D eigenvalue weighted by atomic mass is 9.87. The van der Waals surface area contributed by atoms with Crippen LogP contribution < -0.4 is 0 Å². The second kappa shape index (κ2) is 3.72. The Bertz CT molecular complexity index is 138. The van der Waals surface area contributed by atoms with Crippen molar-refractivity contribution in [3.8, 4) is 0 Å². The molecule has 1 N–H and O–H groups in total. The maximum Gasteiger partial charge on any atom is 0.311 e. The van der Waals surface area contributed by atoms with Crippen LogP contribution in [-0.4, -0.2) is 24.3 Å². The van der Waals surface area contributed by atoms with Gasteiger partial charge in [-0.15, -0.1) is 0 Å². The van der Waals surface area contributed by atoms with E-state index < -0.39 is 11.5 Å². The number of ether oxygens (including phenoxy) is 1. The fourth-order valence-corrected chi connectivity index (χ4v) is 1.10. The summed E-state index contributed by atoms with van der Waals surface area (Å²) in [4.78, 5) is 11.0. The SMILES string of the molecule is COC(=O)C(C)(C)CC(C)O. The molecule has 0 rings (SSSR count). The van der Waals surface area contributed by atoms with Gasteiger partial charge in [-0.2, -0.15) is 0 Å². The van der Waals surface area contributed by atoms with Gasteiger partial charge in [0.05, 0.1) is 18.6 Å². The minimum absolute atomic E-state index is 0.279. The zero-order valence-electron chi connectivity index (χ0n) is 7.55. The first-order valence-electron chi connectivity index (χ1n) is 3.66. The van der Waals surface area contributed by atoms with Gasteiger partial charge in [-0.1, -0.05) is 0 Å². The largest absolute Gasteiger partial charge is 0.469 e. The third kappa shape index (κ3) is 3.37. The number of carbonyl (C=O) groups excluding carboxylic acids is 1. The van der Waals surface area contributed by atoms with E-state index in [9.17, 15) is 4.79 Å². The molecule has 3 heteroatoms. The second-order valence-electron chi connectivity index (χ2n) is 3.43. The first kappa shape index (κ1) is 10.4. The molecule has 0 aliphatic carbocycles. The van der Waals surface area contributed by atoms with Crippen LogP contribution in [0, 0.1) is 5.41 Å². The molecule has 11 heavy (non-hydrogen) atoms. The van der Waals surface area contributed by atoms with Crippen LogP contribution in [0.5, 0.6) is 0 Å². The Labute approximate surface area is 67.4 Å². The van der Waals surface area contributed by atoms with E-state index in [1.165, 1.54) is 7.11 Å². The summed E-state index contributed by atoms with van der Waals surface area (Å²) in [7, 11) is 1.35. The summed E-state index contributed by atoms with van der Waals surface area (Å²) in [5.41, 5.74) is -0.580. The van der Waals surface area contributed by atoms with Crippen LogP contribution >= 0.6 is 0 Å². The minimum Gasteiger partial charge on any atom is -0.469 e. The quantitative estimate of drug-likeness (QED) is 0.625. The fraction of sp³-hybridized carbons (Fsp3) is 0.875. The standard InChI is InChI=1S/C8H16O3/c1-6(9)5-8(2,3)7(10)11-4/h6,9H,5H2,1-4H3. The van der Waals surface area contributed by atoms with E-state index >= 15 is 0 Å². The number of aliphatic hydroxyl groups is 1. The van der Waals surface area contributed by atoms with Crippen molar-refractivity contribution in [2.45, 2.75) is 33.3 Å². The van der Waals surface area contributed by atoms with E-state index in [2.05, 4.69) is 4.74 Å². The van der Waals surface area contributed by atoms with Crippen molar-refractivity contribution in [3.05, 3.63) is 0 Å². The fourth-order valence-electron chi connectivity index (χ4n) is 1.10. The van der Waals surface area contributed by atoms with Crippen LogP contribution in [0.25, 0.3) is 0 Å². The van der Waals surface area contributed by atoms with Gasteiger partial charge in [-0.05, 0) is 27.2 Å². The maximum absolute atomic E-state index is 11.0. The summed E-state index contributed by atoms with van der Waals surface area (Å²) in [6.45, 7) is 5.17. The number of hydrogen-bond acceptors (Lipinski definition) is 3. The molecule has 0 amide bonds. The normalized spacial score (nSPS) is 14.3. The highest BCUT2D eigenvalue weighted by Gasteiger charge is 2.29. The lowest BCUT2D eigenvalue weighted by molar-refractivity contribution is -0.152. The van der Waals surface area contributed by atoms with Crippen molar-refractivity contribution >= 4 is 5.97 Å². The van der Waals surface area contributed by atoms with Gasteiger partial charge in [-0.3, -0.25) is 4.79 Å². The van der Waals surface area contributed by atoms with Crippen molar-refractivity contribution in [2.24, 2.45) is 5.41 Å². The number of esters is 1. The predicted octanol–water partition coefficient (Wildman–Crippen LogP) is 0.956. The Balaban J connectivity index is 4.09. The lowest BCUT2D eigenvalue weighted by Gasteiger charge is -2.22. The molecule has 0 saturated carbocycles. The molecule has 1 unspecified atom stereocenters. The lowest BCUT2D eigenvalue weighted by Crippen LogP contribution is -2.29. The zero-order chi connectivity index (χ0) is 9.07. The highest BCUT2D eigenvalue weighted by molar-refractivity contribution is 5.75. The molecule has 0 aliphatic heterocycles. The van der Waals surface area contributed by atoms with Crippen LogP contribution in [0.15, 0.2) is 0 Å². The Kier molecular flexibility index (Phi) is 3.52. The molecule has 0 aromatic rings. The summed E-state index contributed by atoms with van der Waals surface area (Å²) in [6, 6.07) is 0. The smallest absolute Gasteiger partial charge is 0.311 e. The molecule has 0 saturated heterocycles. The molecule has 0 aliphatic rings. The van der Waals surface area contributed by atoms with Crippen molar-refractivity contribution in [2.75, 3.05) is 7.11 Å². The molecule has 0 aromatic heterocycles. The van der Waals surface area contributed by atoms with Gasteiger partial charge < -0.3 is 9.84 Å². The third-order valence-electron chi connectivity index (χ3n) is 1.54. The molecular formula is C8H16O3. The monoisotopic (exact) mass is 160 g/mol. The molecular weight excluding hydrogens is 144 g/mol. The number of rotatable bonds is 3. The predicted molar refractivity (Wildman–Crippen MR) is 42.1 cm³/mol. The van der Waals surface area contributed by atoms with E-state index in [4.69, 9.17) is 5.11 Å². The van der Waals surface area contributed by atoms with Gasteiger partial charge in [-0.25, -0.2) is 0 Å². The summed E-state index contributed by atoms with van der Waals surface area (Å²) in [5.74, 6) is -0.279. The van der Waals surface area contributed by atoms with Crippen LogP contribution in [0.1, 0.15) is 27.2 Å². The minimum atomic E-state index is -0.580. The molecule has 0 spiro atoms. The number of carbonyl (C=O) groups is 1. The topological polar surface area (TPSA) is 46.5 Å². The van der Waals surface area contributed by atoms with Crippen LogP contribution in [0.3, 0.4) is 0 Å². The average molecular weight is 160 g/mol. The highest BCUT2D eigenvalue weighted by atomic mass is 16.5. The molecule has 66 valence electrons. The Morgan fingerprint density at radius 3 is 2.36 bits per heavy atom. The number of aliphatic hydroxyl groups excluding tert-OH is 1. The van der Waals surface area contributed by atoms with Gasteiger partial charge in [0, 0.05) is 0 Å². The number of hydrogen-bond donors (Lipinski definition) is 1. The van der Waals surface area contributed by atoms with Gasteiger partial charge in [0.15, 0.2) is 0 Å². The van der Waals surface area contributed by atoms with Crippen molar-refractivity contribution in [3.63, 3.8) is 0 Å². The van der Waals surface area contributed by atoms with Gasteiger partial charge in [0.2, 0.25) is 0 Å². The summed E-state index contributed by atoms with van der Waals surface area (Å²) in [6.07, 6.45) is -0.0382. The molecule has 0 fully saturated rings. The van der Waals surface area contributed by atoms with Crippen molar-refractivity contribution in [1.29, 1.82) is 0 Å². The Hall–Kier alpha value is -0.570. The van der Waals surface area contributed by atoms with Crippen molar-refractivity contribution in [1.82, 2.24) is 0 Å². The van der Waals surface area contributed by atoms with E-state index in [-0.39, 0.29) is 5.97 Å². The average Bonchev–Trinajstić information content (AvgIpc) is 1.83. The molecule has 0 radical (unpaired) electrons. The van der Waals surface area contributed by atoms with Crippen molar-refractivity contribution < 1.29 is 14.6 Å². The van der Waals surface area contributed by atoms with Gasteiger partial charge >= 0.3 is 5.97 Å². The molecule has 0 heterocycles. The Morgan fingerprint density at radius 2 is 2.09 bits per heavy atom. The van der Waals surface area contributed by atoms with Crippen LogP contribution in [0.4, 0.5) is 0 Å². The summed E-state index contributed by atoms with van der Waals surface area (Å²) < 4.78 is 4.57. The van der Waals surface area contributed by atoms with E-state index in [0.717, 1.165) is 0 Å². The summed E-state index contributed by atoms with van der Waals surface area (Å²) >= 11 is 0. The number of methoxy groups -OCH3 is 1. The Morgan fingerprint density at radius 1 is 1.64 bits per heavy atom. The van der Waals surface area contributed by atoms with Gasteiger partial charge in [0.1, 0.15) is 0 Å². The maximum atomic E-state index is 11.0. The van der Waals surface area contributed by atoms with Crippen LogP contribution in [-0.2, 0) is 9.53 Å². The second-order valence-corrected chi connectivity index (χ2v) is 3.43. The van der Waals surface area contributed by atoms with Gasteiger partial charge in [0.25, 0.3) is 0 Å². The highest BCUT2D eigenvalue weighted by Crippen LogP contribution is 2.23.